The van der Waals surface area contributed by atoms with Gasteiger partial charge in [0.2, 0.25) is 5.91 Å². The van der Waals surface area contributed by atoms with E-state index in [9.17, 15) is 4.79 Å². The number of piperazine rings is 1. The summed E-state index contributed by atoms with van der Waals surface area (Å²) in [5.74, 6) is 2.35. The minimum absolute atomic E-state index is 0.0246. The number of amides is 1. The zero-order valence-electron chi connectivity index (χ0n) is 16.6. The number of aryl methyl sites for hydroxylation is 1. The van der Waals surface area contributed by atoms with E-state index in [1.54, 1.807) is 22.8 Å². The lowest BCUT2D eigenvalue weighted by molar-refractivity contribution is -0.120. The molecule has 1 aliphatic rings. The fourth-order valence-corrected chi connectivity index (χ4v) is 3.40. The molecular weight excluding hydrogens is 368 g/mol. The average Bonchev–Trinajstić information content (AvgIpc) is 3.38. The molecule has 0 unspecified atom stereocenters. The molecule has 1 fully saturated rings. The zero-order valence-corrected chi connectivity index (χ0v) is 16.6. The van der Waals surface area contributed by atoms with Crippen molar-refractivity contribution in [1.82, 2.24) is 20.0 Å². The van der Waals surface area contributed by atoms with E-state index in [0.717, 1.165) is 22.8 Å². The SMILES string of the molecule is CN=C(NCc1ccc(-c2ccccc2)o1)N1CCN(c2cnn(C)c2)C(=O)C1. The molecule has 0 radical (unpaired) electrons. The molecule has 3 heterocycles. The fraction of sp³-hybridized carbons (Fsp3) is 0.286. The van der Waals surface area contributed by atoms with Gasteiger partial charge in [-0.3, -0.25) is 14.5 Å². The molecule has 1 amide bonds. The molecule has 8 heteroatoms. The molecule has 150 valence electrons. The van der Waals surface area contributed by atoms with Crippen LogP contribution in [0.4, 0.5) is 5.69 Å². The number of aliphatic imine (C=N–C) groups is 1. The van der Waals surface area contributed by atoms with Gasteiger partial charge < -0.3 is 19.5 Å². The Morgan fingerprint density at radius 3 is 2.72 bits per heavy atom. The van der Waals surface area contributed by atoms with Crippen LogP contribution in [0.25, 0.3) is 11.3 Å². The van der Waals surface area contributed by atoms with Crippen molar-refractivity contribution in [1.29, 1.82) is 0 Å². The highest BCUT2D eigenvalue weighted by Gasteiger charge is 2.27. The summed E-state index contributed by atoms with van der Waals surface area (Å²) in [7, 11) is 3.56. The van der Waals surface area contributed by atoms with Crippen LogP contribution in [0.2, 0.25) is 0 Å². The molecular formula is C21H24N6O2. The smallest absolute Gasteiger partial charge is 0.246 e. The van der Waals surface area contributed by atoms with E-state index in [4.69, 9.17) is 4.42 Å². The minimum atomic E-state index is 0.0246. The van der Waals surface area contributed by atoms with Crippen molar-refractivity contribution < 1.29 is 9.21 Å². The van der Waals surface area contributed by atoms with Crippen LogP contribution in [0.1, 0.15) is 5.76 Å². The van der Waals surface area contributed by atoms with E-state index in [2.05, 4.69) is 15.4 Å². The van der Waals surface area contributed by atoms with E-state index in [-0.39, 0.29) is 12.5 Å². The van der Waals surface area contributed by atoms with Crippen LogP contribution >= 0.6 is 0 Å². The van der Waals surface area contributed by atoms with Crippen molar-refractivity contribution in [2.45, 2.75) is 6.54 Å². The number of benzene rings is 1. The number of aromatic nitrogens is 2. The summed E-state index contributed by atoms with van der Waals surface area (Å²) in [6.45, 7) is 2.04. The molecule has 2 aromatic heterocycles. The summed E-state index contributed by atoms with van der Waals surface area (Å²) in [6, 6.07) is 13.9. The van der Waals surface area contributed by atoms with Crippen LogP contribution in [0, 0.1) is 0 Å². The van der Waals surface area contributed by atoms with E-state index < -0.39 is 0 Å². The summed E-state index contributed by atoms with van der Waals surface area (Å²) >= 11 is 0. The van der Waals surface area contributed by atoms with E-state index in [1.165, 1.54) is 0 Å². The highest BCUT2D eigenvalue weighted by Crippen LogP contribution is 2.21. The fourth-order valence-electron chi connectivity index (χ4n) is 3.40. The summed E-state index contributed by atoms with van der Waals surface area (Å²) in [5, 5.41) is 7.44. The van der Waals surface area contributed by atoms with Gasteiger partial charge in [-0.25, -0.2) is 0 Å². The maximum absolute atomic E-state index is 12.6. The molecule has 0 saturated carbocycles. The van der Waals surface area contributed by atoms with Gasteiger partial charge in [0, 0.05) is 38.9 Å². The molecule has 0 spiro atoms. The van der Waals surface area contributed by atoms with Gasteiger partial charge in [-0.15, -0.1) is 0 Å². The summed E-state index contributed by atoms with van der Waals surface area (Å²) in [4.78, 5) is 20.7. The molecule has 1 saturated heterocycles. The summed E-state index contributed by atoms with van der Waals surface area (Å²) in [5.41, 5.74) is 1.87. The second kappa shape index (κ2) is 8.22. The second-order valence-electron chi connectivity index (χ2n) is 6.87. The Balaban J connectivity index is 1.36. The van der Waals surface area contributed by atoms with Gasteiger partial charge in [-0.05, 0) is 12.1 Å². The number of hydrogen-bond acceptors (Lipinski definition) is 4. The van der Waals surface area contributed by atoms with Crippen LogP contribution in [0.5, 0.6) is 0 Å². The first kappa shape index (κ1) is 18.8. The van der Waals surface area contributed by atoms with Crippen molar-refractivity contribution >= 4 is 17.6 Å². The van der Waals surface area contributed by atoms with Crippen LogP contribution < -0.4 is 10.2 Å². The Labute approximate surface area is 169 Å². The van der Waals surface area contributed by atoms with Crippen LogP contribution in [-0.4, -0.2) is 53.2 Å². The second-order valence-corrected chi connectivity index (χ2v) is 6.87. The van der Waals surface area contributed by atoms with Crippen molar-refractivity contribution in [3.8, 4) is 11.3 Å². The topological polar surface area (TPSA) is 78.9 Å². The normalized spacial score (nSPS) is 15.1. The molecule has 3 aromatic rings. The minimum Gasteiger partial charge on any atom is -0.459 e. The van der Waals surface area contributed by atoms with Crippen LogP contribution in [-0.2, 0) is 18.4 Å². The first-order chi connectivity index (χ1) is 14.1. The number of nitrogens with zero attached hydrogens (tertiary/aromatic N) is 5. The van der Waals surface area contributed by atoms with Crippen molar-refractivity contribution in [3.63, 3.8) is 0 Å². The standard InChI is InChI=1S/C21H24N6O2/c1-22-21(23-13-18-8-9-19(29-18)16-6-4-3-5-7-16)26-10-11-27(20(28)15-26)17-12-24-25(2)14-17/h3-9,12,14H,10-11,13,15H2,1-2H3,(H,22,23). The molecule has 0 bridgehead atoms. The van der Waals surface area contributed by atoms with Gasteiger partial charge in [0.25, 0.3) is 0 Å². The monoisotopic (exact) mass is 392 g/mol. The Kier molecular flexibility index (Phi) is 5.33. The Morgan fingerprint density at radius 1 is 1.21 bits per heavy atom. The van der Waals surface area contributed by atoms with Crippen molar-refractivity contribution in [2.24, 2.45) is 12.0 Å². The van der Waals surface area contributed by atoms with Gasteiger partial charge in [0.1, 0.15) is 18.1 Å². The highest BCUT2D eigenvalue weighted by atomic mass is 16.3. The zero-order chi connectivity index (χ0) is 20.2. The predicted molar refractivity (Wildman–Crippen MR) is 111 cm³/mol. The lowest BCUT2D eigenvalue weighted by Crippen LogP contribution is -2.55. The third-order valence-corrected chi connectivity index (χ3v) is 4.88. The molecule has 4 rings (SSSR count). The molecule has 0 aliphatic carbocycles. The third-order valence-electron chi connectivity index (χ3n) is 4.88. The number of furan rings is 1. The first-order valence-corrected chi connectivity index (χ1v) is 9.53. The average molecular weight is 392 g/mol. The van der Waals surface area contributed by atoms with Crippen molar-refractivity contribution in [3.05, 3.63) is 60.6 Å². The maximum atomic E-state index is 12.6. The molecule has 0 atom stereocenters. The van der Waals surface area contributed by atoms with Gasteiger partial charge in [0.05, 0.1) is 18.4 Å². The van der Waals surface area contributed by atoms with Crippen LogP contribution in [0.3, 0.4) is 0 Å². The largest absolute Gasteiger partial charge is 0.459 e. The number of guanidine groups is 1. The highest BCUT2D eigenvalue weighted by molar-refractivity contribution is 5.98. The summed E-state index contributed by atoms with van der Waals surface area (Å²) < 4.78 is 7.63. The van der Waals surface area contributed by atoms with Gasteiger partial charge in [-0.1, -0.05) is 30.3 Å². The molecule has 1 N–H and O–H groups in total. The van der Waals surface area contributed by atoms with E-state index in [1.807, 2.05) is 60.6 Å². The molecule has 29 heavy (non-hydrogen) atoms. The Bertz CT molecular complexity index is 1010. The van der Waals surface area contributed by atoms with E-state index in [0.29, 0.717) is 25.6 Å². The molecule has 1 aromatic carbocycles. The Hall–Kier alpha value is -3.55. The number of rotatable bonds is 4. The maximum Gasteiger partial charge on any atom is 0.246 e. The molecule has 1 aliphatic heterocycles. The Morgan fingerprint density at radius 2 is 2.03 bits per heavy atom. The number of nitrogens with one attached hydrogen (secondary N) is 1. The number of hydrogen-bond donors (Lipinski definition) is 1. The number of carbonyl (C=O) groups is 1. The lowest BCUT2D eigenvalue weighted by Gasteiger charge is -2.35. The summed E-state index contributed by atoms with van der Waals surface area (Å²) in [6.07, 6.45) is 3.56. The lowest BCUT2D eigenvalue weighted by atomic mass is 10.2. The van der Waals surface area contributed by atoms with Crippen molar-refractivity contribution in [2.75, 3.05) is 31.6 Å². The number of anilines is 1. The molecule has 8 nitrogen and oxygen atoms in total. The van der Waals surface area contributed by atoms with Gasteiger partial charge in [-0.2, -0.15) is 5.10 Å². The first-order valence-electron chi connectivity index (χ1n) is 9.53. The van der Waals surface area contributed by atoms with Gasteiger partial charge >= 0.3 is 0 Å². The third kappa shape index (κ3) is 4.16. The predicted octanol–water partition coefficient (Wildman–Crippen LogP) is 2.10. The van der Waals surface area contributed by atoms with Crippen LogP contribution in [0.15, 0.2) is 64.3 Å². The number of carbonyl (C=O) groups excluding carboxylic acids is 1. The van der Waals surface area contributed by atoms with E-state index >= 15 is 0 Å². The quantitative estimate of drug-likeness (QED) is 0.543. The van der Waals surface area contributed by atoms with Gasteiger partial charge in [0.15, 0.2) is 5.96 Å².